The largest absolute Gasteiger partial charge is 0.416 e. The van der Waals surface area contributed by atoms with Gasteiger partial charge < -0.3 is 5.11 Å². The Balaban J connectivity index is 2.08. The number of halogens is 3. The van der Waals surface area contributed by atoms with Gasteiger partial charge in [-0.3, -0.25) is 4.98 Å². The highest BCUT2D eigenvalue weighted by molar-refractivity contribution is 5.42. The molecule has 104 valence electrons. The Morgan fingerprint density at radius 2 is 1.65 bits per heavy atom. The molecule has 0 atom stereocenters. The van der Waals surface area contributed by atoms with E-state index in [9.17, 15) is 18.3 Å². The zero-order valence-electron chi connectivity index (χ0n) is 10.5. The van der Waals surface area contributed by atoms with Crippen molar-refractivity contribution in [2.24, 2.45) is 0 Å². The number of benzene rings is 1. The first-order chi connectivity index (χ1) is 9.40. The summed E-state index contributed by atoms with van der Waals surface area (Å²) in [6, 6.07) is 8.21. The molecule has 1 heterocycles. The molecule has 1 N–H and O–H groups in total. The van der Waals surface area contributed by atoms with Crippen molar-refractivity contribution in [3.8, 4) is 0 Å². The molecule has 2 nitrogen and oxygen atoms in total. The van der Waals surface area contributed by atoms with Gasteiger partial charge in [0, 0.05) is 30.8 Å². The van der Waals surface area contributed by atoms with Crippen LogP contribution in [0.4, 0.5) is 13.2 Å². The summed E-state index contributed by atoms with van der Waals surface area (Å²) in [6.45, 7) is 0. The average Bonchev–Trinajstić information content (AvgIpc) is 2.75. The highest BCUT2D eigenvalue weighted by Crippen LogP contribution is 2.42. The Hall–Kier alpha value is -1.88. The molecule has 20 heavy (non-hydrogen) atoms. The van der Waals surface area contributed by atoms with Gasteiger partial charge in [-0.2, -0.15) is 13.2 Å². The van der Waals surface area contributed by atoms with Gasteiger partial charge in [-0.05, 0) is 17.2 Å². The molecule has 0 aliphatic heterocycles. The molecule has 0 spiro atoms. The second-order valence-electron chi connectivity index (χ2n) is 5.07. The van der Waals surface area contributed by atoms with E-state index in [1.165, 1.54) is 0 Å². The van der Waals surface area contributed by atoms with Crippen molar-refractivity contribution in [1.82, 2.24) is 4.98 Å². The minimum absolute atomic E-state index is 0.149. The van der Waals surface area contributed by atoms with Crippen LogP contribution in [-0.2, 0) is 24.6 Å². The maximum atomic E-state index is 13.1. The molecule has 5 heteroatoms. The van der Waals surface area contributed by atoms with Crippen LogP contribution in [0.3, 0.4) is 0 Å². The van der Waals surface area contributed by atoms with Crippen molar-refractivity contribution in [2.75, 3.05) is 0 Å². The summed E-state index contributed by atoms with van der Waals surface area (Å²) >= 11 is 0. The quantitative estimate of drug-likeness (QED) is 0.870. The summed E-state index contributed by atoms with van der Waals surface area (Å²) in [7, 11) is 0. The monoisotopic (exact) mass is 279 g/mol. The third-order valence-corrected chi connectivity index (χ3v) is 3.71. The Morgan fingerprint density at radius 1 is 1.05 bits per heavy atom. The number of aliphatic hydroxyl groups is 1. The van der Waals surface area contributed by atoms with Crippen LogP contribution < -0.4 is 0 Å². The third kappa shape index (κ3) is 2.08. The Bertz CT molecular complexity index is 627. The van der Waals surface area contributed by atoms with Gasteiger partial charge in [-0.15, -0.1) is 0 Å². The lowest BCUT2D eigenvalue weighted by Crippen LogP contribution is -2.30. The van der Waals surface area contributed by atoms with E-state index in [2.05, 4.69) is 4.98 Å². The molecule has 1 aromatic heterocycles. The summed E-state index contributed by atoms with van der Waals surface area (Å²) in [5.74, 6) is 0. The standard InChI is InChI=1S/C15H12F3NO/c16-15(17,18)12-5-6-19-9-13(12)14(20)7-10-3-1-2-4-11(10)8-14/h1-6,9,20H,7-8H2. The molecule has 0 fully saturated rings. The molecule has 3 rings (SSSR count). The second-order valence-corrected chi connectivity index (χ2v) is 5.07. The van der Waals surface area contributed by atoms with Gasteiger partial charge in [0.25, 0.3) is 0 Å². The molecule has 0 amide bonds. The van der Waals surface area contributed by atoms with Crippen molar-refractivity contribution in [1.29, 1.82) is 0 Å². The van der Waals surface area contributed by atoms with Crippen molar-refractivity contribution in [2.45, 2.75) is 24.6 Å². The van der Waals surface area contributed by atoms with Gasteiger partial charge in [-0.1, -0.05) is 24.3 Å². The number of pyridine rings is 1. The van der Waals surface area contributed by atoms with Crippen molar-refractivity contribution in [3.05, 3.63) is 65.0 Å². The number of nitrogens with zero attached hydrogens (tertiary/aromatic N) is 1. The van der Waals surface area contributed by atoms with E-state index in [0.717, 1.165) is 29.6 Å². The molecule has 0 unspecified atom stereocenters. The third-order valence-electron chi connectivity index (χ3n) is 3.71. The Labute approximate surface area is 113 Å². The highest BCUT2D eigenvalue weighted by Gasteiger charge is 2.44. The molecule has 1 aliphatic carbocycles. The van der Waals surface area contributed by atoms with Crippen molar-refractivity contribution >= 4 is 0 Å². The minimum atomic E-state index is -4.50. The number of fused-ring (bicyclic) bond motifs is 1. The van der Waals surface area contributed by atoms with Crippen LogP contribution in [0.2, 0.25) is 0 Å². The van der Waals surface area contributed by atoms with E-state index in [0.29, 0.717) is 0 Å². The summed E-state index contributed by atoms with van der Waals surface area (Å²) in [6.07, 6.45) is -1.93. The van der Waals surface area contributed by atoms with E-state index >= 15 is 0 Å². The van der Waals surface area contributed by atoms with Crippen LogP contribution in [0.1, 0.15) is 22.3 Å². The van der Waals surface area contributed by atoms with Crippen LogP contribution >= 0.6 is 0 Å². The van der Waals surface area contributed by atoms with E-state index in [4.69, 9.17) is 0 Å². The number of alkyl halides is 3. The van der Waals surface area contributed by atoms with Crippen LogP contribution in [0.5, 0.6) is 0 Å². The molecular weight excluding hydrogens is 267 g/mol. The maximum Gasteiger partial charge on any atom is 0.416 e. The second kappa shape index (κ2) is 4.31. The first-order valence-corrected chi connectivity index (χ1v) is 6.21. The predicted molar refractivity (Wildman–Crippen MR) is 67.0 cm³/mol. The molecule has 0 saturated heterocycles. The summed E-state index contributed by atoms with van der Waals surface area (Å²) in [5.41, 5.74) is -0.742. The van der Waals surface area contributed by atoms with Crippen LogP contribution in [0, 0.1) is 0 Å². The molecular formula is C15H12F3NO. The minimum Gasteiger partial charge on any atom is -0.384 e. The average molecular weight is 279 g/mol. The number of aromatic nitrogens is 1. The highest BCUT2D eigenvalue weighted by atomic mass is 19.4. The topological polar surface area (TPSA) is 33.1 Å². The fourth-order valence-corrected chi connectivity index (χ4v) is 2.80. The molecule has 1 aromatic carbocycles. The lowest BCUT2D eigenvalue weighted by Gasteiger charge is -2.26. The van der Waals surface area contributed by atoms with Crippen molar-refractivity contribution in [3.63, 3.8) is 0 Å². The number of rotatable bonds is 1. The smallest absolute Gasteiger partial charge is 0.384 e. The van der Waals surface area contributed by atoms with Crippen molar-refractivity contribution < 1.29 is 18.3 Å². The summed E-state index contributed by atoms with van der Waals surface area (Å²) in [4.78, 5) is 3.75. The zero-order chi connectivity index (χ0) is 14.4. The van der Waals surface area contributed by atoms with Gasteiger partial charge in [0.2, 0.25) is 0 Å². The van der Waals surface area contributed by atoms with Gasteiger partial charge in [-0.25, -0.2) is 0 Å². The summed E-state index contributed by atoms with van der Waals surface area (Å²) < 4.78 is 39.2. The van der Waals surface area contributed by atoms with Crippen LogP contribution in [-0.4, -0.2) is 10.1 Å². The van der Waals surface area contributed by atoms with Gasteiger partial charge in [0.15, 0.2) is 0 Å². The van der Waals surface area contributed by atoms with E-state index in [1.807, 2.05) is 24.3 Å². The van der Waals surface area contributed by atoms with E-state index < -0.39 is 17.3 Å². The number of hydrogen-bond acceptors (Lipinski definition) is 2. The van der Waals surface area contributed by atoms with Crippen LogP contribution in [0.25, 0.3) is 0 Å². The normalized spacial score (nSPS) is 17.0. The molecule has 0 bridgehead atoms. The van der Waals surface area contributed by atoms with Gasteiger partial charge in [0.05, 0.1) is 11.2 Å². The SMILES string of the molecule is OC1(c2cnccc2C(F)(F)F)Cc2ccccc2C1. The molecule has 0 saturated carbocycles. The Morgan fingerprint density at radius 3 is 2.20 bits per heavy atom. The fraction of sp³-hybridized carbons (Fsp3) is 0.267. The lowest BCUT2D eigenvalue weighted by atomic mass is 9.88. The Kier molecular flexibility index (Phi) is 2.83. The fourth-order valence-electron chi connectivity index (χ4n) is 2.80. The number of hydrogen-bond donors (Lipinski definition) is 1. The predicted octanol–water partition coefficient (Wildman–Crippen LogP) is 3.09. The van der Waals surface area contributed by atoms with Gasteiger partial charge >= 0.3 is 6.18 Å². The first-order valence-electron chi connectivity index (χ1n) is 6.21. The molecule has 0 radical (unpaired) electrons. The zero-order valence-corrected chi connectivity index (χ0v) is 10.5. The van der Waals surface area contributed by atoms with Crippen LogP contribution in [0.15, 0.2) is 42.7 Å². The van der Waals surface area contributed by atoms with E-state index in [1.54, 1.807) is 0 Å². The molecule has 2 aromatic rings. The van der Waals surface area contributed by atoms with Gasteiger partial charge in [0.1, 0.15) is 0 Å². The molecule has 1 aliphatic rings. The first kappa shape index (κ1) is 13.1. The van der Waals surface area contributed by atoms with E-state index in [-0.39, 0.29) is 18.4 Å². The lowest BCUT2D eigenvalue weighted by molar-refractivity contribution is -0.140. The summed E-state index contributed by atoms with van der Waals surface area (Å²) in [5, 5.41) is 10.7. The maximum absolute atomic E-state index is 13.1.